The van der Waals surface area contributed by atoms with Crippen molar-refractivity contribution >= 4 is 43.1 Å². The fourth-order valence-corrected chi connectivity index (χ4v) is 5.29. The number of hydrogen-bond donors (Lipinski definition) is 0. The van der Waals surface area contributed by atoms with E-state index < -0.39 is 16.8 Å². The standard InChI is InChI=1S/C25H15F3N6O3S/c1-13-9-18(25(26,27)28)30-24-19(13)20-21(38-24)23-31-22(32-33(23)12-29-20)15-4-2-3-14(10-15)11-37-17-7-5-16(6-8-17)34(35)36/h2-10,12H,11H2,1H3. The third-order valence-electron chi connectivity index (χ3n) is 5.89. The van der Waals surface area contributed by atoms with Crippen LogP contribution in [0.1, 0.15) is 16.8 Å². The molecule has 2 aromatic carbocycles. The Hall–Kier alpha value is -4.65. The first-order valence-electron chi connectivity index (χ1n) is 11.2. The molecular formula is C25H15F3N6O3S. The largest absolute Gasteiger partial charge is 0.489 e. The summed E-state index contributed by atoms with van der Waals surface area (Å²) in [6.45, 7) is 1.82. The lowest BCUT2D eigenvalue weighted by Gasteiger charge is -2.07. The maximum absolute atomic E-state index is 13.3. The van der Waals surface area contributed by atoms with Crippen LogP contribution in [0.25, 0.3) is 37.5 Å². The number of alkyl halides is 3. The van der Waals surface area contributed by atoms with E-state index in [1.165, 1.54) is 35.1 Å². The molecule has 4 heterocycles. The van der Waals surface area contributed by atoms with Gasteiger partial charge in [0.25, 0.3) is 5.69 Å². The number of nitro groups is 1. The van der Waals surface area contributed by atoms with Crippen molar-refractivity contribution in [2.75, 3.05) is 0 Å². The number of benzene rings is 2. The first-order valence-corrected chi connectivity index (χ1v) is 12.0. The van der Waals surface area contributed by atoms with E-state index in [9.17, 15) is 23.3 Å². The minimum Gasteiger partial charge on any atom is -0.489 e. The zero-order valence-electron chi connectivity index (χ0n) is 19.4. The van der Waals surface area contributed by atoms with Crippen LogP contribution in [0.3, 0.4) is 0 Å². The van der Waals surface area contributed by atoms with Gasteiger partial charge in [0.2, 0.25) is 0 Å². The Labute approximate surface area is 215 Å². The minimum atomic E-state index is -4.55. The Bertz CT molecular complexity index is 1860. The number of nitro benzene ring substituents is 1. The fourth-order valence-electron chi connectivity index (χ4n) is 4.11. The van der Waals surface area contributed by atoms with Crippen molar-refractivity contribution < 1.29 is 22.8 Å². The van der Waals surface area contributed by atoms with Gasteiger partial charge >= 0.3 is 6.18 Å². The Balaban J connectivity index is 1.34. The van der Waals surface area contributed by atoms with Gasteiger partial charge in [-0.25, -0.2) is 19.5 Å². The first kappa shape index (κ1) is 23.7. The molecule has 13 heteroatoms. The van der Waals surface area contributed by atoms with Crippen molar-refractivity contribution in [2.24, 2.45) is 0 Å². The molecule has 6 rings (SSSR count). The summed E-state index contributed by atoms with van der Waals surface area (Å²) in [6, 6.07) is 14.2. The number of aromatic nitrogens is 5. The minimum absolute atomic E-state index is 0.0220. The summed E-state index contributed by atoms with van der Waals surface area (Å²) in [7, 11) is 0. The van der Waals surface area contributed by atoms with Crippen LogP contribution < -0.4 is 4.74 Å². The van der Waals surface area contributed by atoms with Crippen molar-refractivity contribution in [3.05, 3.63) is 87.9 Å². The zero-order chi connectivity index (χ0) is 26.6. The second-order valence-electron chi connectivity index (χ2n) is 8.47. The molecule has 0 atom stereocenters. The Morgan fingerprint density at radius 3 is 2.63 bits per heavy atom. The normalized spacial score (nSPS) is 12.0. The molecule has 9 nitrogen and oxygen atoms in total. The number of ether oxygens (including phenoxy) is 1. The van der Waals surface area contributed by atoms with Crippen molar-refractivity contribution in [2.45, 2.75) is 19.7 Å². The number of thiophene rings is 1. The van der Waals surface area contributed by atoms with E-state index in [2.05, 4.69) is 20.1 Å². The number of nitrogens with zero attached hydrogens (tertiary/aromatic N) is 6. The number of fused-ring (bicyclic) bond motifs is 5. The summed E-state index contributed by atoms with van der Waals surface area (Å²) in [5.41, 5.74) is 2.00. The monoisotopic (exact) mass is 536 g/mol. The Kier molecular flexibility index (Phi) is 5.45. The van der Waals surface area contributed by atoms with Gasteiger partial charge in [-0.2, -0.15) is 13.2 Å². The van der Waals surface area contributed by atoms with E-state index in [4.69, 9.17) is 4.74 Å². The molecule has 0 fully saturated rings. The molecule has 0 saturated heterocycles. The molecule has 0 N–H and O–H groups in total. The summed E-state index contributed by atoms with van der Waals surface area (Å²) >= 11 is 1.10. The molecule has 0 amide bonds. The predicted molar refractivity (Wildman–Crippen MR) is 134 cm³/mol. The second kappa shape index (κ2) is 8.73. The van der Waals surface area contributed by atoms with Crippen molar-refractivity contribution in [1.82, 2.24) is 24.6 Å². The number of pyridine rings is 1. The van der Waals surface area contributed by atoms with E-state index >= 15 is 0 Å². The Morgan fingerprint density at radius 2 is 1.89 bits per heavy atom. The number of non-ortho nitro benzene ring substituents is 1. The molecule has 6 aromatic rings. The van der Waals surface area contributed by atoms with Crippen LogP contribution in [0.15, 0.2) is 60.9 Å². The van der Waals surface area contributed by atoms with Crippen LogP contribution in [-0.2, 0) is 12.8 Å². The molecule has 0 bridgehead atoms. The van der Waals surface area contributed by atoms with E-state index in [0.29, 0.717) is 44.0 Å². The molecule has 0 aliphatic heterocycles. The highest BCUT2D eigenvalue weighted by molar-refractivity contribution is 7.26. The van der Waals surface area contributed by atoms with E-state index in [1.807, 2.05) is 24.3 Å². The molecule has 0 saturated carbocycles. The zero-order valence-corrected chi connectivity index (χ0v) is 20.2. The summed E-state index contributed by atoms with van der Waals surface area (Å²) in [5, 5.41) is 15.9. The first-order chi connectivity index (χ1) is 18.2. The van der Waals surface area contributed by atoms with Gasteiger partial charge in [0.1, 0.15) is 33.9 Å². The van der Waals surface area contributed by atoms with E-state index in [1.54, 1.807) is 6.92 Å². The van der Waals surface area contributed by atoms with Crippen molar-refractivity contribution in [1.29, 1.82) is 0 Å². The molecule has 4 aromatic heterocycles. The van der Waals surface area contributed by atoms with Gasteiger partial charge in [0, 0.05) is 23.1 Å². The molecule has 38 heavy (non-hydrogen) atoms. The lowest BCUT2D eigenvalue weighted by molar-refractivity contribution is -0.384. The van der Waals surface area contributed by atoms with Gasteiger partial charge in [-0.1, -0.05) is 18.2 Å². The van der Waals surface area contributed by atoms with Crippen LogP contribution in [0.2, 0.25) is 0 Å². The van der Waals surface area contributed by atoms with Crippen LogP contribution >= 0.6 is 11.3 Å². The molecule has 0 spiro atoms. The molecular weight excluding hydrogens is 521 g/mol. The molecule has 0 unspecified atom stereocenters. The topological polar surface area (TPSA) is 108 Å². The molecule has 0 radical (unpaired) electrons. The third-order valence-corrected chi connectivity index (χ3v) is 6.96. The van der Waals surface area contributed by atoms with Crippen molar-refractivity contribution in [3.8, 4) is 17.1 Å². The highest BCUT2D eigenvalue weighted by atomic mass is 32.1. The summed E-state index contributed by atoms with van der Waals surface area (Å²) < 4.78 is 47.7. The highest BCUT2D eigenvalue weighted by Crippen LogP contribution is 2.38. The Morgan fingerprint density at radius 1 is 1.11 bits per heavy atom. The van der Waals surface area contributed by atoms with Crippen LogP contribution in [0.5, 0.6) is 5.75 Å². The fraction of sp³-hybridized carbons (Fsp3) is 0.120. The average Bonchev–Trinajstić information content (AvgIpc) is 3.49. The quantitative estimate of drug-likeness (QED) is 0.186. The maximum Gasteiger partial charge on any atom is 0.433 e. The third kappa shape index (κ3) is 4.16. The number of rotatable bonds is 5. The van der Waals surface area contributed by atoms with Gasteiger partial charge in [-0.15, -0.1) is 16.4 Å². The van der Waals surface area contributed by atoms with Crippen LogP contribution in [0.4, 0.5) is 18.9 Å². The predicted octanol–water partition coefficient (Wildman–Crippen LogP) is 6.37. The molecule has 0 aliphatic carbocycles. The smallest absolute Gasteiger partial charge is 0.433 e. The highest BCUT2D eigenvalue weighted by Gasteiger charge is 2.33. The van der Waals surface area contributed by atoms with Crippen LogP contribution in [-0.4, -0.2) is 29.5 Å². The van der Waals surface area contributed by atoms with E-state index in [-0.39, 0.29) is 17.1 Å². The number of halogens is 3. The summed E-state index contributed by atoms with van der Waals surface area (Å²) in [4.78, 5) is 23.5. The lowest BCUT2D eigenvalue weighted by atomic mass is 10.1. The van der Waals surface area contributed by atoms with Gasteiger partial charge in [-0.3, -0.25) is 10.1 Å². The summed E-state index contributed by atoms with van der Waals surface area (Å²) in [6.07, 6.45) is -3.06. The van der Waals surface area contributed by atoms with Gasteiger partial charge < -0.3 is 4.74 Å². The lowest BCUT2D eigenvalue weighted by Crippen LogP contribution is -2.07. The molecule has 0 aliphatic rings. The maximum atomic E-state index is 13.3. The summed E-state index contributed by atoms with van der Waals surface area (Å²) in [5.74, 6) is 0.900. The number of aryl methyl sites for hydroxylation is 1. The van der Waals surface area contributed by atoms with Gasteiger partial charge in [0.15, 0.2) is 11.5 Å². The second-order valence-corrected chi connectivity index (χ2v) is 9.47. The SMILES string of the molecule is Cc1cc(C(F)(F)F)nc2sc3c(ncn4nc(-c5cccc(COc6ccc([N+](=O)[O-])cc6)c5)nc34)c12. The van der Waals surface area contributed by atoms with Crippen LogP contribution in [0, 0.1) is 17.0 Å². The van der Waals surface area contributed by atoms with Gasteiger partial charge in [-0.05, 0) is 42.3 Å². The van der Waals surface area contributed by atoms with Crippen molar-refractivity contribution in [3.63, 3.8) is 0 Å². The number of hydrogen-bond acceptors (Lipinski definition) is 8. The van der Waals surface area contributed by atoms with Gasteiger partial charge in [0.05, 0.1) is 10.4 Å². The van der Waals surface area contributed by atoms with E-state index in [0.717, 1.165) is 23.0 Å². The average molecular weight is 536 g/mol. The molecule has 190 valence electrons.